The fourth-order valence-corrected chi connectivity index (χ4v) is 1.94. The number of hydrogen-bond donors (Lipinski definition) is 3. The SMILES string of the molecule is CCn1cnnc1CNc1cc(C)c(N)c(C(=O)O)c1. The van der Waals surface area contributed by atoms with Crippen molar-refractivity contribution >= 4 is 17.3 Å². The van der Waals surface area contributed by atoms with Gasteiger partial charge in [-0.1, -0.05) is 0 Å². The standard InChI is InChI=1S/C13H17N5O2/c1-3-18-7-16-17-11(18)6-15-9-4-8(2)12(14)10(5-9)13(19)20/h4-5,7,15H,3,6,14H2,1-2H3,(H,19,20). The lowest BCUT2D eigenvalue weighted by Crippen LogP contribution is -2.10. The van der Waals surface area contributed by atoms with Crippen LogP contribution in [0.3, 0.4) is 0 Å². The van der Waals surface area contributed by atoms with Gasteiger partial charge in [0.15, 0.2) is 5.82 Å². The fourth-order valence-electron chi connectivity index (χ4n) is 1.94. The van der Waals surface area contributed by atoms with Crippen molar-refractivity contribution in [3.05, 3.63) is 35.4 Å². The number of benzene rings is 1. The lowest BCUT2D eigenvalue weighted by molar-refractivity contribution is 0.0698. The Labute approximate surface area is 116 Å². The van der Waals surface area contributed by atoms with Gasteiger partial charge in [-0.2, -0.15) is 0 Å². The van der Waals surface area contributed by atoms with Crippen LogP contribution in [0.1, 0.15) is 28.7 Å². The second kappa shape index (κ2) is 5.60. The molecular weight excluding hydrogens is 258 g/mol. The van der Waals surface area contributed by atoms with Gasteiger partial charge in [-0.05, 0) is 31.5 Å². The molecule has 0 saturated heterocycles. The number of carboxylic acids is 1. The highest BCUT2D eigenvalue weighted by atomic mass is 16.4. The van der Waals surface area contributed by atoms with Crippen LogP contribution in [-0.4, -0.2) is 25.8 Å². The van der Waals surface area contributed by atoms with Crippen molar-refractivity contribution in [3.8, 4) is 0 Å². The molecule has 0 unspecified atom stereocenters. The van der Waals surface area contributed by atoms with Crippen molar-refractivity contribution in [2.24, 2.45) is 0 Å². The molecule has 0 spiro atoms. The molecule has 0 aliphatic heterocycles. The highest BCUT2D eigenvalue weighted by Crippen LogP contribution is 2.23. The number of carbonyl (C=O) groups is 1. The molecule has 0 bridgehead atoms. The van der Waals surface area contributed by atoms with Crippen LogP contribution in [0.15, 0.2) is 18.5 Å². The highest BCUT2D eigenvalue weighted by molar-refractivity contribution is 5.95. The van der Waals surface area contributed by atoms with Crippen LogP contribution in [0.2, 0.25) is 0 Å². The van der Waals surface area contributed by atoms with Crippen molar-refractivity contribution in [2.75, 3.05) is 11.1 Å². The van der Waals surface area contributed by atoms with E-state index in [9.17, 15) is 4.79 Å². The zero-order valence-corrected chi connectivity index (χ0v) is 11.4. The molecule has 0 aliphatic carbocycles. The third kappa shape index (κ3) is 2.71. The lowest BCUT2D eigenvalue weighted by Gasteiger charge is -2.11. The zero-order valence-electron chi connectivity index (χ0n) is 11.4. The molecule has 106 valence electrons. The third-order valence-electron chi connectivity index (χ3n) is 3.10. The summed E-state index contributed by atoms with van der Waals surface area (Å²) in [7, 11) is 0. The molecule has 2 aromatic rings. The molecule has 0 amide bonds. The van der Waals surface area contributed by atoms with Crippen molar-refractivity contribution < 1.29 is 9.90 Å². The number of rotatable bonds is 5. The predicted octanol–water partition coefficient (Wildman–Crippen LogP) is 1.50. The second-order valence-electron chi connectivity index (χ2n) is 4.45. The molecule has 7 nitrogen and oxygen atoms in total. The van der Waals surface area contributed by atoms with E-state index in [0.717, 1.165) is 17.9 Å². The first-order valence-electron chi connectivity index (χ1n) is 6.27. The van der Waals surface area contributed by atoms with Crippen LogP contribution in [0, 0.1) is 6.92 Å². The Morgan fingerprint density at radius 2 is 2.25 bits per heavy atom. The Kier molecular flexibility index (Phi) is 3.88. The number of nitrogens with zero attached hydrogens (tertiary/aromatic N) is 3. The first kappa shape index (κ1) is 13.9. The Morgan fingerprint density at radius 3 is 2.90 bits per heavy atom. The Morgan fingerprint density at radius 1 is 1.50 bits per heavy atom. The van der Waals surface area contributed by atoms with Crippen LogP contribution >= 0.6 is 0 Å². The molecule has 7 heteroatoms. The molecule has 2 rings (SSSR count). The summed E-state index contributed by atoms with van der Waals surface area (Å²) in [6.45, 7) is 5.03. The van der Waals surface area contributed by atoms with Crippen molar-refractivity contribution in [1.82, 2.24) is 14.8 Å². The van der Waals surface area contributed by atoms with Crippen molar-refractivity contribution in [3.63, 3.8) is 0 Å². The van der Waals surface area contributed by atoms with Crippen LogP contribution in [0.5, 0.6) is 0 Å². The van der Waals surface area contributed by atoms with Gasteiger partial charge in [0.1, 0.15) is 6.33 Å². The molecule has 1 aromatic heterocycles. The summed E-state index contributed by atoms with van der Waals surface area (Å²) in [5, 5.41) is 20.1. The molecule has 4 N–H and O–H groups in total. The molecule has 20 heavy (non-hydrogen) atoms. The van der Waals surface area contributed by atoms with Gasteiger partial charge < -0.3 is 20.7 Å². The van der Waals surface area contributed by atoms with E-state index in [1.165, 1.54) is 6.07 Å². The molecule has 1 aromatic carbocycles. The number of aromatic carboxylic acids is 1. The largest absolute Gasteiger partial charge is 0.478 e. The van der Waals surface area contributed by atoms with Gasteiger partial charge in [0, 0.05) is 17.9 Å². The average Bonchev–Trinajstić information content (AvgIpc) is 2.87. The summed E-state index contributed by atoms with van der Waals surface area (Å²) >= 11 is 0. The van der Waals surface area contributed by atoms with E-state index in [-0.39, 0.29) is 5.56 Å². The minimum Gasteiger partial charge on any atom is -0.478 e. The normalized spacial score (nSPS) is 10.5. The van der Waals surface area contributed by atoms with Crippen LogP contribution in [-0.2, 0) is 13.1 Å². The number of aryl methyl sites for hydroxylation is 2. The Hall–Kier alpha value is -2.57. The summed E-state index contributed by atoms with van der Waals surface area (Å²) < 4.78 is 1.91. The molecule has 0 fully saturated rings. The second-order valence-corrected chi connectivity index (χ2v) is 4.45. The van der Waals surface area contributed by atoms with Crippen molar-refractivity contribution in [2.45, 2.75) is 26.9 Å². The van der Waals surface area contributed by atoms with Crippen LogP contribution < -0.4 is 11.1 Å². The smallest absolute Gasteiger partial charge is 0.337 e. The van der Waals surface area contributed by atoms with Gasteiger partial charge in [-0.3, -0.25) is 0 Å². The summed E-state index contributed by atoms with van der Waals surface area (Å²) in [6.07, 6.45) is 1.66. The quantitative estimate of drug-likeness (QED) is 0.714. The molecule has 0 saturated carbocycles. The van der Waals surface area contributed by atoms with E-state index in [1.54, 1.807) is 13.3 Å². The number of aromatic nitrogens is 3. The van der Waals surface area contributed by atoms with E-state index >= 15 is 0 Å². The Balaban J connectivity index is 2.20. The van der Waals surface area contributed by atoms with Gasteiger partial charge in [0.05, 0.1) is 12.1 Å². The van der Waals surface area contributed by atoms with E-state index in [1.807, 2.05) is 17.6 Å². The zero-order chi connectivity index (χ0) is 14.7. The van der Waals surface area contributed by atoms with E-state index in [2.05, 4.69) is 15.5 Å². The monoisotopic (exact) mass is 275 g/mol. The van der Waals surface area contributed by atoms with Gasteiger partial charge in [0.2, 0.25) is 0 Å². The average molecular weight is 275 g/mol. The van der Waals surface area contributed by atoms with Gasteiger partial charge in [-0.15, -0.1) is 10.2 Å². The Bertz CT molecular complexity index is 636. The summed E-state index contributed by atoms with van der Waals surface area (Å²) in [4.78, 5) is 11.1. The van der Waals surface area contributed by atoms with Crippen molar-refractivity contribution in [1.29, 1.82) is 0 Å². The maximum atomic E-state index is 11.1. The molecular formula is C13H17N5O2. The number of nitrogen functional groups attached to an aromatic ring is 1. The fraction of sp³-hybridized carbons (Fsp3) is 0.308. The molecule has 1 heterocycles. The van der Waals surface area contributed by atoms with E-state index in [0.29, 0.717) is 17.9 Å². The maximum absolute atomic E-state index is 11.1. The van der Waals surface area contributed by atoms with Gasteiger partial charge in [-0.25, -0.2) is 4.79 Å². The lowest BCUT2D eigenvalue weighted by atomic mass is 10.1. The minimum atomic E-state index is -1.04. The topological polar surface area (TPSA) is 106 Å². The van der Waals surface area contributed by atoms with Crippen LogP contribution in [0.4, 0.5) is 11.4 Å². The maximum Gasteiger partial charge on any atom is 0.337 e. The number of anilines is 2. The first-order valence-corrected chi connectivity index (χ1v) is 6.27. The van der Waals surface area contributed by atoms with Gasteiger partial charge >= 0.3 is 5.97 Å². The van der Waals surface area contributed by atoms with E-state index < -0.39 is 5.97 Å². The third-order valence-corrected chi connectivity index (χ3v) is 3.10. The number of carboxylic acid groups (broad SMARTS) is 1. The highest BCUT2D eigenvalue weighted by Gasteiger charge is 2.12. The predicted molar refractivity (Wildman–Crippen MR) is 75.6 cm³/mol. The number of nitrogens with two attached hydrogens (primary N) is 1. The molecule has 0 aliphatic rings. The minimum absolute atomic E-state index is 0.101. The van der Waals surface area contributed by atoms with E-state index in [4.69, 9.17) is 10.8 Å². The van der Waals surface area contributed by atoms with Gasteiger partial charge in [0.25, 0.3) is 0 Å². The molecule has 0 atom stereocenters. The summed E-state index contributed by atoms with van der Waals surface area (Å²) in [5.74, 6) is -0.246. The first-order chi connectivity index (χ1) is 9.52. The molecule has 0 radical (unpaired) electrons. The van der Waals surface area contributed by atoms with Crippen LogP contribution in [0.25, 0.3) is 0 Å². The summed E-state index contributed by atoms with van der Waals surface area (Å²) in [6, 6.07) is 3.34. The number of hydrogen-bond acceptors (Lipinski definition) is 5. The summed E-state index contributed by atoms with van der Waals surface area (Å²) in [5.41, 5.74) is 7.57. The number of nitrogens with one attached hydrogen (secondary N) is 1.